The maximum Gasteiger partial charge on any atom is 0.404 e. The lowest BCUT2D eigenvalue weighted by Gasteiger charge is -2.08. The van der Waals surface area contributed by atoms with Crippen LogP contribution in [-0.4, -0.2) is 30.6 Å². The van der Waals surface area contributed by atoms with Crippen LogP contribution in [0.15, 0.2) is 48.5 Å². The van der Waals surface area contributed by atoms with E-state index >= 15 is 0 Å². The summed E-state index contributed by atoms with van der Waals surface area (Å²) in [6.07, 6.45) is -0.264. The highest BCUT2D eigenvalue weighted by Crippen LogP contribution is 2.24. The molecule has 2 N–H and O–H groups in total. The van der Waals surface area contributed by atoms with Crippen molar-refractivity contribution in [2.75, 3.05) is 13.2 Å². The number of benzene rings is 2. The van der Waals surface area contributed by atoms with Crippen molar-refractivity contribution in [2.45, 2.75) is 0 Å². The second kappa shape index (κ2) is 7.09. The second-order valence-electron chi connectivity index (χ2n) is 4.35. The molecule has 0 aliphatic heterocycles. The zero-order valence-corrected chi connectivity index (χ0v) is 11.3. The van der Waals surface area contributed by atoms with Crippen molar-refractivity contribution in [1.82, 2.24) is 5.32 Å². The van der Waals surface area contributed by atoms with Gasteiger partial charge in [-0.05, 0) is 29.3 Å². The largest absolute Gasteiger partial charge is 0.492 e. The summed E-state index contributed by atoms with van der Waals surface area (Å²) < 4.78 is 5.48. The van der Waals surface area contributed by atoms with Crippen LogP contribution in [0, 0.1) is 0 Å². The fourth-order valence-corrected chi connectivity index (χ4v) is 1.88. The van der Waals surface area contributed by atoms with Gasteiger partial charge in [-0.3, -0.25) is 4.79 Å². The highest BCUT2D eigenvalue weighted by molar-refractivity contribution is 5.79. The van der Waals surface area contributed by atoms with Gasteiger partial charge >= 0.3 is 6.09 Å². The third kappa shape index (κ3) is 4.35. The van der Waals surface area contributed by atoms with Crippen LogP contribution in [0.5, 0.6) is 5.75 Å². The van der Waals surface area contributed by atoms with Gasteiger partial charge in [0.05, 0.1) is 6.54 Å². The molecule has 2 rings (SSSR count). The number of hydrogen-bond donors (Lipinski definition) is 2. The zero-order chi connectivity index (χ0) is 15.1. The first-order chi connectivity index (χ1) is 10.2. The first-order valence-corrected chi connectivity index (χ1v) is 6.44. The van der Waals surface area contributed by atoms with Crippen molar-refractivity contribution in [3.63, 3.8) is 0 Å². The lowest BCUT2D eigenvalue weighted by atomic mass is 10.0. The van der Waals surface area contributed by atoms with E-state index in [1.54, 1.807) is 18.2 Å². The van der Waals surface area contributed by atoms with Crippen molar-refractivity contribution < 1.29 is 19.4 Å². The summed E-state index contributed by atoms with van der Waals surface area (Å²) in [6, 6.07) is 14.7. The van der Waals surface area contributed by atoms with Gasteiger partial charge in [0.25, 0.3) is 0 Å². The molecule has 0 unspecified atom stereocenters. The SMILES string of the molecule is O=Cc1cccc(-c2cccc(OCCNC(=O)O)c2)c1. The van der Waals surface area contributed by atoms with Gasteiger partial charge in [-0.15, -0.1) is 0 Å². The molecule has 0 saturated heterocycles. The fraction of sp³-hybridized carbons (Fsp3) is 0.125. The number of aldehydes is 1. The van der Waals surface area contributed by atoms with E-state index < -0.39 is 6.09 Å². The molecule has 5 heteroatoms. The van der Waals surface area contributed by atoms with Crippen LogP contribution in [0.1, 0.15) is 10.4 Å². The van der Waals surface area contributed by atoms with Gasteiger partial charge in [-0.1, -0.05) is 30.3 Å². The molecule has 108 valence electrons. The summed E-state index contributed by atoms with van der Waals surface area (Å²) in [5.41, 5.74) is 2.47. The molecule has 0 radical (unpaired) electrons. The third-order valence-electron chi connectivity index (χ3n) is 2.84. The van der Waals surface area contributed by atoms with Crippen molar-refractivity contribution in [2.24, 2.45) is 0 Å². The molecule has 0 aromatic heterocycles. The molecule has 0 atom stereocenters. The van der Waals surface area contributed by atoms with E-state index in [2.05, 4.69) is 5.32 Å². The van der Waals surface area contributed by atoms with Gasteiger partial charge < -0.3 is 15.2 Å². The molecule has 0 spiro atoms. The summed E-state index contributed by atoms with van der Waals surface area (Å²) >= 11 is 0. The topological polar surface area (TPSA) is 75.6 Å². The summed E-state index contributed by atoms with van der Waals surface area (Å²) in [4.78, 5) is 21.1. The maximum absolute atomic E-state index is 10.8. The van der Waals surface area contributed by atoms with Crippen LogP contribution in [0.4, 0.5) is 4.79 Å². The van der Waals surface area contributed by atoms with E-state index in [-0.39, 0.29) is 13.2 Å². The minimum Gasteiger partial charge on any atom is -0.492 e. The summed E-state index contributed by atoms with van der Waals surface area (Å²) in [6.45, 7) is 0.477. The summed E-state index contributed by atoms with van der Waals surface area (Å²) in [5, 5.41) is 10.7. The first-order valence-electron chi connectivity index (χ1n) is 6.44. The lowest BCUT2D eigenvalue weighted by Crippen LogP contribution is -2.26. The molecular weight excluding hydrogens is 270 g/mol. The van der Waals surface area contributed by atoms with Gasteiger partial charge in [0, 0.05) is 5.56 Å². The van der Waals surface area contributed by atoms with E-state index in [4.69, 9.17) is 9.84 Å². The Morgan fingerprint density at radius 1 is 1.14 bits per heavy atom. The zero-order valence-electron chi connectivity index (χ0n) is 11.3. The molecule has 0 aliphatic carbocycles. The number of carbonyl (C=O) groups excluding carboxylic acids is 1. The van der Waals surface area contributed by atoms with Crippen LogP contribution in [-0.2, 0) is 0 Å². The van der Waals surface area contributed by atoms with Crippen molar-refractivity contribution in [3.8, 4) is 16.9 Å². The Bertz CT molecular complexity index is 640. The normalized spacial score (nSPS) is 9.90. The first kappa shape index (κ1) is 14.6. The Morgan fingerprint density at radius 2 is 1.86 bits per heavy atom. The van der Waals surface area contributed by atoms with Gasteiger partial charge in [0.15, 0.2) is 0 Å². The fourth-order valence-electron chi connectivity index (χ4n) is 1.88. The predicted molar refractivity (Wildman–Crippen MR) is 78.8 cm³/mol. The van der Waals surface area contributed by atoms with E-state index in [0.29, 0.717) is 11.3 Å². The Hall–Kier alpha value is -2.82. The quantitative estimate of drug-likeness (QED) is 0.632. The van der Waals surface area contributed by atoms with Crippen LogP contribution < -0.4 is 10.1 Å². The number of hydrogen-bond acceptors (Lipinski definition) is 3. The number of carbonyl (C=O) groups is 2. The van der Waals surface area contributed by atoms with E-state index in [0.717, 1.165) is 17.4 Å². The number of nitrogens with one attached hydrogen (secondary N) is 1. The molecule has 5 nitrogen and oxygen atoms in total. The molecule has 21 heavy (non-hydrogen) atoms. The van der Waals surface area contributed by atoms with Crippen molar-refractivity contribution in [3.05, 3.63) is 54.1 Å². The Labute approximate surface area is 122 Å². The Balaban J connectivity index is 2.06. The highest BCUT2D eigenvalue weighted by atomic mass is 16.5. The predicted octanol–water partition coefficient (Wildman–Crippen LogP) is 2.81. The molecule has 0 aliphatic rings. The maximum atomic E-state index is 10.8. The van der Waals surface area contributed by atoms with Gasteiger partial charge in [0.2, 0.25) is 0 Å². The van der Waals surface area contributed by atoms with E-state index in [1.807, 2.05) is 30.3 Å². The summed E-state index contributed by atoms with van der Waals surface area (Å²) in [5.74, 6) is 0.649. The Kier molecular flexibility index (Phi) is 4.93. The number of amides is 1. The van der Waals surface area contributed by atoms with Crippen molar-refractivity contribution in [1.29, 1.82) is 0 Å². The molecule has 0 saturated carbocycles. The molecular formula is C16H15NO4. The minimum atomic E-state index is -1.07. The van der Waals surface area contributed by atoms with Crippen LogP contribution in [0.3, 0.4) is 0 Å². The molecule has 1 amide bonds. The van der Waals surface area contributed by atoms with Gasteiger partial charge in [0.1, 0.15) is 18.6 Å². The average molecular weight is 285 g/mol. The molecule has 2 aromatic rings. The number of rotatable bonds is 6. The Morgan fingerprint density at radius 3 is 2.57 bits per heavy atom. The van der Waals surface area contributed by atoms with Crippen LogP contribution in [0.25, 0.3) is 11.1 Å². The van der Waals surface area contributed by atoms with Crippen LogP contribution in [0.2, 0.25) is 0 Å². The number of carboxylic acid groups (broad SMARTS) is 1. The van der Waals surface area contributed by atoms with E-state index in [9.17, 15) is 9.59 Å². The van der Waals surface area contributed by atoms with Crippen LogP contribution >= 0.6 is 0 Å². The monoisotopic (exact) mass is 285 g/mol. The van der Waals surface area contributed by atoms with Gasteiger partial charge in [-0.25, -0.2) is 4.79 Å². The van der Waals surface area contributed by atoms with Crippen molar-refractivity contribution >= 4 is 12.4 Å². The molecule has 0 bridgehead atoms. The standard InChI is InChI=1S/C16H15NO4/c18-11-12-3-1-4-13(9-12)14-5-2-6-15(10-14)21-8-7-17-16(19)20/h1-6,9-11,17H,7-8H2,(H,19,20). The molecule has 2 aromatic carbocycles. The lowest BCUT2D eigenvalue weighted by molar-refractivity contribution is 0.112. The third-order valence-corrected chi connectivity index (χ3v) is 2.84. The average Bonchev–Trinajstić information content (AvgIpc) is 2.52. The highest BCUT2D eigenvalue weighted by Gasteiger charge is 2.02. The summed E-state index contributed by atoms with van der Waals surface area (Å²) in [7, 11) is 0. The molecule has 0 fully saturated rings. The second-order valence-corrected chi connectivity index (χ2v) is 4.35. The molecule has 0 heterocycles. The number of ether oxygens (including phenoxy) is 1. The van der Waals surface area contributed by atoms with Gasteiger partial charge in [-0.2, -0.15) is 0 Å². The minimum absolute atomic E-state index is 0.222. The smallest absolute Gasteiger partial charge is 0.404 e. The van der Waals surface area contributed by atoms with E-state index in [1.165, 1.54) is 0 Å².